The topological polar surface area (TPSA) is 60.9 Å². The Hall–Kier alpha value is -2.91. The van der Waals surface area contributed by atoms with Crippen LogP contribution < -0.4 is 0 Å². The molecule has 0 aliphatic carbocycles. The van der Waals surface area contributed by atoms with E-state index in [2.05, 4.69) is 0 Å². The van der Waals surface area contributed by atoms with Gasteiger partial charge in [-0.25, -0.2) is 0 Å². The third-order valence-corrected chi connectivity index (χ3v) is 8.02. The fourth-order valence-electron chi connectivity index (χ4n) is 4.73. The van der Waals surface area contributed by atoms with E-state index in [1.807, 2.05) is 45.9 Å². The fourth-order valence-corrected chi connectivity index (χ4v) is 5.74. The van der Waals surface area contributed by atoms with Crippen molar-refractivity contribution in [2.45, 2.75) is 52.3 Å². The van der Waals surface area contributed by atoms with Crippen molar-refractivity contribution < 1.29 is 27.9 Å². The van der Waals surface area contributed by atoms with Gasteiger partial charge in [0.25, 0.3) is 11.8 Å². The molecule has 0 bridgehead atoms. The summed E-state index contributed by atoms with van der Waals surface area (Å²) >= 11 is 1.17. The maximum absolute atomic E-state index is 13.0. The highest BCUT2D eigenvalue weighted by atomic mass is 32.1. The summed E-state index contributed by atoms with van der Waals surface area (Å²) in [5.41, 5.74) is -1.05. The lowest BCUT2D eigenvalue weighted by atomic mass is 9.75. The molecule has 2 aliphatic heterocycles. The second kappa shape index (κ2) is 12.3. The number of piperidine rings is 1. The first-order valence-electron chi connectivity index (χ1n) is 13.1. The lowest BCUT2D eigenvalue weighted by Crippen LogP contribution is -2.62. The molecule has 9 heteroatoms. The summed E-state index contributed by atoms with van der Waals surface area (Å²) in [4.78, 5) is 29.3. The first-order chi connectivity index (χ1) is 18.1. The van der Waals surface area contributed by atoms with E-state index in [-0.39, 0.29) is 17.7 Å². The molecule has 0 atom stereocenters. The van der Waals surface area contributed by atoms with Crippen LogP contribution in [0.1, 0.15) is 66.1 Å². The molecule has 0 saturated carbocycles. The monoisotopic (exact) mass is 548 g/mol. The Morgan fingerprint density at radius 1 is 0.895 bits per heavy atom. The standard InChI is InChI=1S/C25H23F3N2O3S.2C2H6/c26-25(27,28)18-6-7-20-17(12-18)13-21(34-20)23(32)30-14-19(15-30)24(33)8-10-29(11-9-24)22(31)16-4-2-1-3-5-16;2*1-2/h1-7,12-13,19,33H,8-11,14-15H2;2*1-2H3. The summed E-state index contributed by atoms with van der Waals surface area (Å²) in [5, 5.41) is 11.6. The van der Waals surface area contributed by atoms with E-state index in [0.29, 0.717) is 59.5 Å². The van der Waals surface area contributed by atoms with Crippen molar-refractivity contribution in [1.82, 2.24) is 9.80 Å². The number of hydrogen-bond donors (Lipinski definition) is 1. The normalized spacial score (nSPS) is 17.1. The summed E-state index contributed by atoms with van der Waals surface area (Å²) < 4.78 is 39.5. The fraction of sp³-hybridized carbons (Fsp3) is 0.448. The van der Waals surface area contributed by atoms with Gasteiger partial charge >= 0.3 is 6.18 Å². The average molecular weight is 549 g/mol. The largest absolute Gasteiger partial charge is 0.416 e. The predicted molar refractivity (Wildman–Crippen MR) is 145 cm³/mol. The average Bonchev–Trinajstić information content (AvgIpc) is 3.34. The summed E-state index contributed by atoms with van der Waals surface area (Å²) in [5.74, 6) is -0.366. The minimum atomic E-state index is -4.43. The van der Waals surface area contributed by atoms with Gasteiger partial charge in [-0.2, -0.15) is 13.2 Å². The van der Waals surface area contributed by atoms with E-state index in [9.17, 15) is 27.9 Å². The van der Waals surface area contributed by atoms with Gasteiger partial charge in [0, 0.05) is 42.4 Å². The van der Waals surface area contributed by atoms with E-state index in [1.165, 1.54) is 23.5 Å². The Balaban J connectivity index is 0.000000956. The third-order valence-electron chi connectivity index (χ3n) is 6.92. The molecule has 0 spiro atoms. The highest BCUT2D eigenvalue weighted by Crippen LogP contribution is 2.38. The summed E-state index contributed by atoms with van der Waals surface area (Å²) in [6.45, 7) is 9.69. The van der Waals surface area contributed by atoms with Crippen molar-refractivity contribution in [1.29, 1.82) is 0 Å². The van der Waals surface area contributed by atoms with Crippen molar-refractivity contribution in [3.8, 4) is 0 Å². The van der Waals surface area contributed by atoms with Crippen LogP contribution in [-0.4, -0.2) is 58.5 Å². The van der Waals surface area contributed by atoms with Gasteiger partial charge < -0.3 is 14.9 Å². The molecule has 5 nitrogen and oxygen atoms in total. The van der Waals surface area contributed by atoms with E-state index in [0.717, 1.165) is 12.1 Å². The number of aliphatic hydroxyl groups is 1. The maximum atomic E-state index is 13.0. The molecular weight excluding hydrogens is 513 g/mol. The van der Waals surface area contributed by atoms with Gasteiger partial charge in [0.05, 0.1) is 16.0 Å². The van der Waals surface area contributed by atoms with Crippen LogP contribution in [0.5, 0.6) is 0 Å². The summed E-state index contributed by atoms with van der Waals surface area (Å²) in [6, 6.07) is 14.0. The van der Waals surface area contributed by atoms with Gasteiger partial charge in [0.15, 0.2) is 0 Å². The number of amides is 2. The lowest BCUT2D eigenvalue weighted by molar-refractivity contribution is -0.137. The van der Waals surface area contributed by atoms with Crippen LogP contribution in [0.3, 0.4) is 0 Å². The summed E-state index contributed by atoms with van der Waals surface area (Å²) in [6.07, 6.45) is -3.54. The zero-order valence-electron chi connectivity index (χ0n) is 22.2. The van der Waals surface area contributed by atoms with Crippen molar-refractivity contribution in [3.63, 3.8) is 0 Å². The second-order valence-corrected chi connectivity index (χ2v) is 10.1. The SMILES string of the molecule is CC.CC.O=C(c1ccccc1)N1CCC(O)(C2CN(C(=O)c3cc4cc(C(F)(F)F)ccc4s3)C2)CC1. The first kappa shape index (κ1) is 29.6. The minimum Gasteiger partial charge on any atom is -0.389 e. The van der Waals surface area contributed by atoms with E-state index >= 15 is 0 Å². The Morgan fingerprint density at radius 2 is 1.50 bits per heavy atom. The molecule has 5 rings (SSSR count). The zero-order chi connectivity index (χ0) is 28.1. The number of hydrogen-bond acceptors (Lipinski definition) is 4. The molecule has 2 amide bonds. The predicted octanol–water partition coefficient (Wildman–Crippen LogP) is 6.71. The molecule has 206 valence electrons. The molecule has 1 N–H and O–H groups in total. The number of likely N-dealkylation sites (tertiary alicyclic amines) is 2. The Labute approximate surface area is 225 Å². The van der Waals surface area contributed by atoms with Crippen molar-refractivity contribution >= 4 is 33.2 Å². The second-order valence-electron chi connectivity index (χ2n) is 9.03. The molecule has 3 heterocycles. The summed E-state index contributed by atoms with van der Waals surface area (Å²) in [7, 11) is 0. The molecule has 2 fully saturated rings. The molecule has 3 aromatic rings. The molecular formula is C29H35F3N2O3S. The zero-order valence-corrected chi connectivity index (χ0v) is 23.0. The number of nitrogens with zero attached hydrogens (tertiary/aromatic N) is 2. The molecule has 1 aromatic heterocycles. The molecule has 2 saturated heterocycles. The maximum Gasteiger partial charge on any atom is 0.416 e. The van der Waals surface area contributed by atoms with Gasteiger partial charge in [0.2, 0.25) is 0 Å². The van der Waals surface area contributed by atoms with Crippen LogP contribution in [0.15, 0.2) is 54.6 Å². The van der Waals surface area contributed by atoms with Gasteiger partial charge in [-0.05, 0) is 54.6 Å². The number of fused-ring (bicyclic) bond motifs is 1. The van der Waals surface area contributed by atoms with Crippen molar-refractivity contribution in [3.05, 3.63) is 70.6 Å². The Morgan fingerprint density at radius 3 is 2.08 bits per heavy atom. The lowest BCUT2D eigenvalue weighted by Gasteiger charge is -2.50. The molecule has 0 unspecified atom stereocenters. The van der Waals surface area contributed by atoms with Crippen LogP contribution >= 0.6 is 11.3 Å². The number of alkyl halides is 3. The smallest absolute Gasteiger partial charge is 0.389 e. The van der Waals surface area contributed by atoms with E-state index < -0.39 is 17.3 Å². The van der Waals surface area contributed by atoms with Crippen LogP contribution in [0, 0.1) is 5.92 Å². The van der Waals surface area contributed by atoms with Crippen LogP contribution in [0.25, 0.3) is 10.1 Å². The van der Waals surface area contributed by atoms with Crippen LogP contribution in [-0.2, 0) is 6.18 Å². The number of thiophene rings is 1. The number of carbonyl (C=O) groups is 2. The van der Waals surface area contributed by atoms with Crippen molar-refractivity contribution in [2.75, 3.05) is 26.2 Å². The number of benzene rings is 2. The number of carbonyl (C=O) groups excluding carboxylic acids is 2. The molecule has 38 heavy (non-hydrogen) atoms. The minimum absolute atomic E-state index is 0.0495. The molecule has 2 aliphatic rings. The van der Waals surface area contributed by atoms with Gasteiger partial charge in [-0.1, -0.05) is 45.9 Å². The van der Waals surface area contributed by atoms with Gasteiger partial charge in [-0.15, -0.1) is 11.3 Å². The van der Waals surface area contributed by atoms with E-state index in [4.69, 9.17) is 0 Å². The Kier molecular flexibility index (Phi) is 9.59. The molecule has 0 radical (unpaired) electrons. The van der Waals surface area contributed by atoms with Crippen LogP contribution in [0.4, 0.5) is 13.2 Å². The number of rotatable bonds is 3. The van der Waals surface area contributed by atoms with Gasteiger partial charge in [0.1, 0.15) is 0 Å². The first-order valence-corrected chi connectivity index (χ1v) is 13.9. The highest BCUT2D eigenvalue weighted by Gasteiger charge is 2.47. The third kappa shape index (κ3) is 6.21. The van der Waals surface area contributed by atoms with Gasteiger partial charge in [-0.3, -0.25) is 9.59 Å². The van der Waals surface area contributed by atoms with Crippen molar-refractivity contribution in [2.24, 2.45) is 5.92 Å². The quantitative estimate of drug-likeness (QED) is 0.396. The Bertz CT molecular complexity index is 1230. The highest BCUT2D eigenvalue weighted by molar-refractivity contribution is 7.20. The number of halogens is 3. The van der Waals surface area contributed by atoms with Crippen LogP contribution in [0.2, 0.25) is 0 Å². The molecule has 2 aromatic carbocycles. The van der Waals surface area contributed by atoms with E-state index in [1.54, 1.807) is 21.9 Å².